The topological polar surface area (TPSA) is 88.5 Å². The van der Waals surface area contributed by atoms with Crippen LogP contribution in [-0.2, 0) is 21.4 Å². The molecule has 8 heteroatoms. The Morgan fingerprint density at radius 3 is 2.36 bits per heavy atom. The molecule has 1 amide bonds. The maximum absolute atomic E-state index is 13.4. The zero-order valence-corrected chi connectivity index (χ0v) is 19.1. The molecule has 2 aliphatic rings. The monoisotopic (exact) mass is 463 g/mol. The molecule has 33 heavy (non-hydrogen) atoms. The number of hydrogen-bond donors (Lipinski definition) is 1. The Morgan fingerprint density at radius 1 is 0.939 bits per heavy atom. The van der Waals surface area contributed by atoms with Gasteiger partial charge in [-0.25, -0.2) is 8.42 Å². The number of amides is 1. The molecule has 0 radical (unpaired) electrons. The van der Waals surface area contributed by atoms with Crippen LogP contribution < -0.4 is 10.9 Å². The largest absolute Gasteiger partial charge is 0.326 e. The van der Waals surface area contributed by atoms with Gasteiger partial charge in [0.05, 0.1) is 4.90 Å². The lowest BCUT2D eigenvalue weighted by Gasteiger charge is -2.42. The van der Waals surface area contributed by atoms with Gasteiger partial charge in [0.25, 0.3) is 5.56 Å². The molecule has 1 fully saturated rings. The van der Waals surface area contributed by atoms with Gasteiger partial charge in [-0.3, -0.25) is 9.59 Å². The summed E-state index contributed by atoms with van der Waals surface area (Å²) >= 11 is 0. The summed E-state index contributed by atoms with van der Waals surface area (Å²) in [6, 6.07) is 19.5. The van der Waals surface area contributed by atoms with Crippen LogP contribution in [0.3, 0.4) is 0 Å². The van der Waals surface area contributed by atoms with Crippen LogP contribution in [0.1, 0.15) is 25.0 Å². The first-order chi connectivity index (χ1) is 15.8. The molecular weight excluding hydrogens is 438 g/mol. The average molecular weight is 464 g/mol. The lowest BCUT2D eigenvalue weighted by atomic mass is 9.84. The first-order valence-corrected chi connectivity index (χ1v) is 12.4. The quantitative estimate of drug-likeness (QED) is 0.643. The zero-order valence-electron chi connectivity index (χ0n) is 18.3. The minimum absolute atomic E-state index is 0.0140. The number of nitrogens with one attached hydrogen (secondary N) is 1. The van der Waals surface area contributed by atoms with Crippen molar-refractivity contribution in [2.24, 2.45) is 5.92 Å². The molecule has 0 saturated carbocycles. The van der Waals surface area contributed by atoms with Gasteiger partial charge in [0.1, 0.15) is 0 Å². The summed E-state index contributed by atoms with van der Waals surface area (Å²) in [6.45, 7) is 2.74. The van der Waals surface area contributed by atoms with Gasteiger partial charge in [-0.05, 0) is 54.3 Å². The van der Waals surface area contributed by atoms with Crippen molar-refractivity contribution in [3.8, 4) is 11.1 Å². The van der Waals surface area contributed by atoms with Crippen LogP contribution in [0.4, 0.5) is 5.69 Å². The molecule has 2 atom stereocenters. The number of carbonyl (C=O) groups excluding carboxylic acids is 1. The number of hydrogen-bond acceptors (Lipinski definition) is 4. The Hall–Kier alpha value is -3.23. The van der Waals surface area contributed by atoms with Crippen LogP contribution in [0, 0.1) is 5.92 Å². The molecule has 7 nitrogen and oxygen atoms in total. The lowest BCUT2D eigenvalue weighted by molar-refractivity contribution is -0.114. The molecule has 3 heterocycles. The van der Waals surface area contributed by atoms with E-state index in [1.807, 2.05) is 28.8 Å². The first kappa shape index (κ1) is 21.6. The number of rotatable bonds is 4. The second-order valence-corrected chi connectivity index (χ2v) is 10.7. The smallest absolute Gasteiger partial charge is 0.258 e. The summed E-state index contributed by atoms with van der Waals surface area (Å²) in [7, 11) is -3.56. The summed E-state index contributed by atoms with van der Waals surface area (Å²) in [4.78, 5) is 24.9. The maximum atomic E-state index is 13.4. The Balaban J connectivity index is 1.44. The Kier molecular flexibility index (Phi) is 5.42. The van der Waals surface area contributed by atoms with Crippen LogP contribution in [0.2, 0.25) is 0 Å². The number of nitrogens with zero attached hydrogens (tertiary/aromatic N) is 2. The van der Waals surface area contributed by atoms with Gasteiger partial charge in [0.2, 0.25) is 15.9 Å². The van der Waals surface area contributed by atoms with E-state index in [9.17, 15) is 18.0 Å². The Labute approximate surface area is 192 Å². The predicted molar refractivity (Wildman–Crippen MR) is 126 cm³/mol. The summed E-state index contributed by atoms with van der Waals surface area (Å²) in [5.41, 5.74) is 2.89. The Bertz CT molecular complexity index is 1370. The van der Waals surface area contributed by atoms with Crippen molar-refractivity contribution in [2.45, 2.75) is 30.7 Å². The molecule has 5 rings (SSSR count). The van der Waals surface area contributed by atoms with Crippen molar-refractivity contribution in [1.82, 2.24) is 8.87 Å². The normalized spacial score (nSPS) is 20.2. The number of carbonyl (C=O) groups is 1. The van der Waals surface area contributed by atoms with Gasteiger partial charge in [0.15, 0.2) is 0 Å². The van der Waals surface area contributed by atoms with E-state index in [1.54, 1.807) is 46.8 Å². The zero-order chi connectivity index (χ0) is 23.2. The van der Waals surface area contributed by atoms with Crippen molar-refractivity contribution in [2.75, 3.05) is 18.4 Å². The molecule has 0 unspecified atom stereocenters. The number of piperidine rings is 1. The molecule has 0 spiro atoms. The third-order valence-corrected chi connectivity index (χ3v) is 8.31. The van der Waals surface area contributed by atoms with Crippen LogP contribution in [0.15, 0.2) is 76.4 Å². The SMILES string of the molecule is CC(=O)Nc1ccc(-c2ccc3n(c2=O)C[C@@H]2C[C@@H]3CN(S(=O)(=O)c3ccccc3)C2)cc1. The summed E-state index contributed by atoms with van der Waals surface area (Å²) < 4.78 is 29.7. The fourth-order valence-corrected chi connectivity index (χ4v) is 6.58. The molecular formula is C25H25N3O4S. The highest BCUT2D eigenvalue weighted by molar-refractivity contribution is 7.89. The molecule has 2 aliphatic heterocycles. The van der Waals surface area contributed by atoms with Crippen molar-refractivity contribution in [3.05, 3.63) is 82.8 Å². The van der Waals surface area contributed by atoms with E-state index >= 15 is 0 Å². The third-order valence-electron chi connectivity index (χ3n) is 6.47. The van der Waals surface area contributed by atoms with Gasteiger partial charge in [-0.2, -0.15) is 4.31 Å². The van der Waals surface area contributed by atoms with Crippen molar-refractivity contribution >= 4 is 21.6 Å². The second kappa shape index (κ2) is 8.28. The molecule has 2 aromatic carbocycles. The molecule has 0 aliphatic carbocycles. The fourth-order valence-electron chi connectivity index (χ4n) is 5.00. The van der Waals surface area contributed by atoms with Gasteiger partial charge in [-0.15, -0.1) is 0 Å². The number of fused-ring (bicyclic) bond motifs is 4. The van der Waals surface area contributed by atoms with E-state index in [0.29, 0.717) is 35.8 Å². The molecule has 3 aromatic rings. The molecule has 170 valence electrons. The number of anilines is 1. The van der Waals surface area contributed by atoms with Gasteiger partial charge >= 0.3 is 0 Å². The number of aromatic nitrogens is 1. The highest BCUT2D eigenvalue weighted by Crippen LogP contribution is 2.37. The minimum atomic E-state index is -3.56. The molecule has 1 N–H and O–H groups in total. The first-order valence-electron chi connectivity index (χ1n) is 11.0. The van der Waals surface area contributed by atoms with E-state index in [1.165, 1.54) is 6.92 Å². The van der Waals surface area contributed by atoms with E-state index < -0.39 is 10.0 Å². The van der Waals surface area contributed by atoms with Crippen molar-refractivity contribution in [1.29, 1.82) is 0 Å². The maximum Gasteiger partial charge on any atom is 0.258 e. The number of pyridine rings is 1. The van der Waals surface area contributed by atoms with Crippen LogP contribution >= 0.6 is 0 Å². The third kappa shape index (κ3) is 4.00. The highest BCUT2D eigenvalue weighted by atomic mass is 32.2. The van der Waals surface area contributed by atoms with Crippen LogP contribution in [0.25, 0.3) is 11.1 Å². The van der Waals surface area contributed by atoms with Crippen molar-refractivity contribution < 1.29 is 13.2 Å². The van der Waals surface area contributed by atoms with Gasteiger partial charge in [0, 0.05) is 49.4 Å². The van der Waals surface area contributed by atoms with E-state index in [0.717, 1.165) is 17.7 Å². The minimum Gasteiger partial charge on any atom is -0.326 e. The standard InChI is InChI=1S/C25H25N3O4S/c1-17(29)26-21-9-7-19(8-10-21)23-11-12-24-20-13-18(15-28(24)25(23)30)14-27(16-20)33(31,32)22-5-3-2-4-6-22/h2-12,18,20H,13-16H2,1H3,(H,26,29)/t18-,20-/m1/s1. The molecule has 2 bridgehead atoms. The number of benzene rings is 2. The summed E-state index contributed by atoms with van der Waals surface area (Å²) in [5.74, 6) is -0.0730. The summed E-state index contributed by atoms with van der Waals surface area (Å²) in [6.07, 6.45) is 0.880. The average Bonchev–Trinajstić information content (AvgIpc) is 2.80. The molecule has 1 saturated heterocycles. The van der Waals surface area contributed by atoms with E-state index in [-0.39, 0.29) is 23.3 Å². The lowest BCUT2D eigenvalue weighted by Crippen LogP contribution is -2.49. The predicted octanol–water partition coefficient (Wildman–Crippen LogP) is 3.28. The Morgan fingerprint density at radius 2 is 1.67 bits per heavy atom. The van der Waals surface area contributed by atoms with Gasteiger partial charge < -0.3 is 9.88 Å². The molecule has 1 aromatic heterocycles. The summed E-state index contributed by atoms with van der Waals surface area (Å²) in [5, 5.41) is 2.73. The van der Waals surface area contributed by atoms with Crippen molar-refractivity contribution in [3.63, 3.8) is 0 Å². The van der Waals surface area contributed by atoms with E-state index in [4.69, 9.17) is 0 Å². The number of sulfonamides is 1. The van der Waals surface area contributed by atoms with E-state index in [2.05, 4.69) is 5.32 Å². The van der Waals surface area contributed by atoms with Crippen LogP contribution in [-0.4, -0.2) is 36.3 Å². The highest BCUT2D eigenvalue weighted by Gasteiger charge is 2.39. The fraction of sp³-hybridized carbons (Fsp3) is 0.280. The van der Waals surface area contributed by atoms with Gasteiger partial charge in [-0.1, -0.05) is 30.3 Å². The second-order valence-electron chi connectivity index (χ2n) is 8.78. The van der Waals surface area contributed by atoms with Crippen LogP contribution in [0.5, 0.6) is 0 Å².